The number of carboxylic acids is 2. The first-order valence-electron chi connectivity index (χ1n) is 8.11. The van der Waals surface area contributed by atoms with E-state index in [4.69, 9.17) is 30.5 Å². The van der Waals surface area contributed by atoms with Gasteiger partial charge in [-0.05, 0) is 0 Å². The number of ether oxygens (including phenoxy) is 1. The number of rotatable bonds is 9. The third-order valence-electron chi connectivity index (χ3n) is 4.05. The van der Waals surface area contributed by atoms with Crippen LogP contribution in [0, 0.1) is 0 Å². The fourth-order valence-electron chi connectivity index (χ4n) is 2.62. The van der Waals surface area contributed by atoms with Crippen LogP contribution in [0.4, 0.5) is 5.82 Å². The number of amides is 1. The summed E-state index contributed by atoms with van der Waals surface area (Å²) in [6.07, 6.45) is -6.03. The maximum atomic E-state index is 12.2. The molecule has 9 N–H and O–H groups in total. The predicted octanol–water partition coefficient (Wildman–Crippen LogP) is -3.15. The summed E-state index contributed by atoms with van der Waals surface area (Å²) in [7, 11) is -4.87. The summed E-state index contributed by atoms with van der Waals surface area (Å²) in [6, 6.07) is -1.76. The van der Waals surface area contributed by atoms with Crippen LogP contribution >= 0.6 is 7.82 Å². The molecule has 0 saturated carbocycles. The number of anilines is 1. The van der Waals surface area contributed by atoms with Gasteiger partial charge in [-0.1, -0.05) is 0 Å². The van der Waals surface area contributed by atoms with Crippen LogP contribution in [0.5, 0.6) is 0 Å². The average molecular weight is 454 g/mol. The first-order chi connectivity index (χ1) is 13.8. The van der Waals surface area contributed by atoms with Crippen molar-refractivity contribution in [3.63, 3.8) is 0 Å². The minimum absolute atomic E-state index is 0.417. The molecule has 1 unspecified atom stereocenters. The number of nitrogens with two attached hydrogens (primary N) is 1. The van der Waals surface area contributed by atoms with Gasteiger partial charge in [-0.2, -0.15) is 0 Å². The lowest BCUT2D eigenvalue weighted by atomic mass is 10.1. The van der Waals surface area contributed by atoms with Crippen LogP contribution in [0.2, 0.25) is 0 Å². The molecule has 1 saturated heterocycles. The van der Waals surface area contributed by atoms with Crippen molar-refractivity contribution in [1.29, 1.82) is 0 Å². The Morgan fingerprint density at radius 3 is 2.47 bits per heavy atom. The van der Waals surface area contributed by atoms with E-state index in [1.165, 1.54) is 0 Å². The molecule has 1 aliphatic heterocycles. The number of carboxylic acid groups (broad SMARTS) is 2. The molecule has 5 atom stereocenters. The number of aliphatic hydroxyl groups is 2. The zero-order chi connectivity index (χ0) is 22.8. The van der Waals surface area contributed by atoms with Crippen LogP contribution in [-0.2, 0) is 23.4 Å². The number of imidazole rings is 1. The van der Waals surface area contributed by atoms with Crippen LogP contribution in [0.1, 0.15) is 23.1 Å². The minimum atomic E-state index is -4.87. The second kappa shape index (κ2) is 9.05. The Morgan fingerprint density at radius 2 is 1.93 bits per heavy atom. The summed E-state index contributed by atoms with van der Waals surface area (Å²) in [4.78, 5) is 55.1. The van der Waals surface area contributed by atoms with Gasteiger partial charge in [0.15, 0.2) is 11.9 Å². The number of nitrogens with one attached hydrogen (secondary N) is 1. The van der Waals surface area contributed by atoms with E-state index < -0.39 is 80.8 Å². The van der Waals surface area contributed by atoms with E-state index in [1.54, 1.807) is 0 Å². The van der Waals surface area contributed by atoms with Gasteiger partial charge >= 0.3 is 19.8 Å². The quantitative estimate of drug-likeness (QED) is 0.171. The van der Waals surface area contributed by atoms with Gasteiger partial charge in [0.1, 0.15) is 30.2 Å². The topological polar surface area (TPSA) is 264 Å². The number of aliphatic carboxylic acids is 2. The summed E-state index contributed by atoms with van der Waals surface area (Å²) < 4.78 is 21.2. The number of nitrogen functional groups attached to an aromatic ring is 1. The summed E-state index contributed by atoms with van der Waals surface area (Å²) >= 11 is 0. The van der Waals surface area contributed by atoms with Gasteiger partial charge in [-0.3, -0.25) is 18.7 Å². The first kappa shape index (κ1) is 23.7. The number of carbonyl (C=O) groups is 3. The normalized spacial score (nSPS) is 25.1. The van der Waals surface area contributed by atoms with Crippen LogP contribution in [0.15, 0.2) is 6.33 Å². The Balaban J connectivity index is 2.16. The number of aromatic nitrogens is 2. The molecule has 1 aromatic rings. The number of hydrogen-bond acceptors (Lipinski definition) is 10. The maximum Gasteiger partial charge on any atom is 0.469 e. The molecule has 2 rings (SSSR count). The molecule has 0 radical (unpaired) electrons. The Morgan fingerprint density at radius 1 is 1.30 bits per heavy atom. The lowest BCUT2D eigenvalue weighted by molar-refractivity contribution is -0.145. The fourth-order valence-corrected chi connectivity index (χ4v) is 2.96. The zero-order valence-corrected chi connectivity index (χ0v) is 15.8. The summed E-state index contributed by atoms with van der Waals surface area (Å²) in [5, 5.41) is 39.7. The van der Waals surface area contributed by atoms with Crippen molar-refractivity contribution in [2.45, 2.75) is 37.0 Å². The number of phosphoric ester groups is 1. The highest BCUT2D eigenvalue weighted by Crippen LogP contribution is 2.38. The highest BCUT2D eigenvalue weighted by Gasteiger charge is 2.45. The Bertz CT molecular complexity index is 868. The number of aliphatic hydroxyl groups excluding tert-OH is 2. The summed E-state index contributed by atoms with van der Waals surface area (Å²) in [5.74, 6) is -4.61. The van der Waals surface area contributed by atoms with E-state index in [1.807, 2.05) is 5.32 Å². The van der Waals surface area contributed by atoms with Crippen molar-refractivity contribution in [2.24, 2.45) is 0 Å². The minimum Gasteiger partial charge on any atom is -0.481 e. The van der Waals surface area contributed by atoms with Crippen LogP contribution in [0.3, 0.4) is 0 Å². The van der Waals surface area contributed by atoms with Gasteiger partial charge in [0.05, 0.1) is 19.4 Å². The van der Waals surface area contributed by atoms with Gasteiger partial charge < -0.3 is 46.0 Å². The van der Waals surface area contributed by atoms with Crippen LogP contribution in [0.25, 0.3) is 0 Å². The van der Waals surface area contributed by atoms with E-state index in [9.17, 15) is 29.2 Å². The molecule has 1 aliphatic rings. The van der Waals surface area contributed by atoms with Crippen molar-refractivity contribution in [2.75, 3.05) is 12.3 Å². The van der Waals surface area contributed by atoms with Crippen molar-refractivity contribution < 1.29 is 58.4 Å². The molecule has 0 bridgehead atoms. The molecule has 1 aromatic heterocycles. The third kappa shape index (κ3) is 5.51. The summed E-state index contributed by atoms with van der Waals surface area (Å²) in [6.45, 7) is -0.767. The number of nitrogens with zero attached hydrogens (tertiary/aromatic N) is 2. The first-order valence-corrected chi connectivity index (χ1v) is 9.64. The van der Waals surface area contributed by atoms with Crippen LogP contribution in [-0.4, -0.2) is 88.6 Å². The van der Waals surface area contributed by atoms with Gasteiger partial charge in [0.2, 0.25) is 0 Å². The fraction of sp³-hybridized carbons (Fsp3) is 0.538. The molecule has 0 spiro atoms. The highest BCUT2D eigenvalue weighted by atomic mass is 31.2. The molecule has 1 fully saturated rings. The zero-order valence-electron chi connectivity index (χ0n) is 14.9. The Kier molecular flexibility index (Phi) is 7.14. The van der Waals surface area contributed by atoms with E-state index in [2.05, 4.69) is 9.51 Å². The lowest BCUT2D eigenvalue weighted by Crippen LogP contribution is -2.42. The van der Waals surface area contributed by atoms with E-state index in [0.717, 1.165) is 10.9 Å². The van der Waals surface area contributed by atoms with Crippen molar-refractivity contribution in [3.8, 4) is 0 Å². The largest absolute Gasteiger partial charge is 0.481 e. The molecule has 0 aliphatic carbocycles. The molecule has 0 aromatic carbocycles. The third-order valence-corrected chi connectivity index (χ3v) is 4.53. The van der Waals surface area contributed by atoms with Crippen molar-refractivity contribution >= 4 is 31.5 Å². The van der Waals surface area contributed by atoms with Gasteiger partial charge in [-0.25, -0.2) is 14.3 Å². The Hall–Kier alpha value is -2.59. The molecule has 30 heavy (non-hydrogen) atoms. The second-order valence-corrected chi connectivity index (χ2v) is 7.42. The van der Waals surface area contributed by atoms with E-state index in [-0.39, 0.29) is 0 Å². The van der Waals surface area contributed by atoms with Gasteiger partial charge in [-0.15, -0.1) is 0 Å². The van der Waals surface area contributed by atoms with Crippen molar-refractivity contribution in [1.82, 2.24) is 14.9 Å². The van der Waals surface area contributed by atoms with Crippen LogP contribution < -0.4 is 11.1 Å². The molecule has 2 heterocycles. The van der Waals surface area contributed by atoms with E-state index in [0.29, 0.717) is 0 Å². The molecule has 16 nitrogen and oxygen atoms in total. The lowest BCUT2D eigenvalue weighted by Gasteiger charge is -2.18. The number of carbonyl (C=O) groups excluding carboxylic acids is 1. The molecule has 1 amide bonds. The standard InChI is InChI=1S/C13H19N4O12P/c14-10-7(11(22)16-4(13(23)24)1-6(18)19)15-3-17(10)12-9(21)8(20)5(29-12)2-28-30(25,26)27/h3-5,8-9,12,20-21H,1-2,14H2,(H,16,22)(H,18,19)(H,23,24)(H2,25,26,27)/t4?,5-,8-,9-,12+/m1/s1. The molecule has 168 valence electrons. The Labute approximate surface area is 167 Å². The highest BCUT2D eigenvalue weighted by molar-refractivity contribution is 7.46. The molecular weight excluding hydrogens is 435 g/mol. The number of phosphoric acid groups is 1. The smallest absolute Gasteiger partial charge is 0.469 e. The van der Waals surface area contributed by atoms with E-state index >= 15 is 0 Å². The van der Waals surface area contributed by atoms with Crippen molar-refractivity contribution in [3.05, 3.63) is 12.0 Å². The predicted molar refractivity (Wildman–Crippen MR) is 91.7 cm³/mol. The maximum absolute atomic E-state index is 12.2. The average Bonchev–Trinajstić information content (AvgIpc) is 3.12. The molecular formula is C13H19N4O12P. The second-order valence-electron chi connectivity index (χ2n) is 6.18. The van der Waals surface area contributed by atoms with Gasteiger partial charge in [0, 0.05) is 0 Å². The number of hydrogen-bond donors (Lipinski definition) is 8. The monoisotopic (exact) mass is 454 g/mol. The SMILES string of the molecule is Nc1c(C(=O)NC(CC(=O)O)C(=O)O)ncn1[C@H]1O[C@H](COP(=O)(O)O)[C@@H](O)[C@H]1O. The summed E-state index contributed by atoms with van der Waals surface area (Å²) in [5.41, 5.74) is 5.27. The van der Waals surface area contributed by atoms with Gasteiger partial charge in [0.25, 0.3) is 5.91 Å². The molecule has 17 heteroatoms.